The topological polar surface area (TPSA) is 39.8 Å². The molecule has 0 fully saturated rings. The highest BCUT2D eigenvalue weighted by molar-refractivity contribution is 6.08. The molecule has 3 rings (SSSR count). The van der Waals surface area contributed by atoms with Crippen LogP contribution in [-0.2, 0) is 13.6 Å². The number of fused-ring (bicyclic) bond motifs is 1. The maximum atomic E-state index is 12.4. The summed E-state index contributed by atoms with van der Waals surface area (Å²) in [5, 5.41) is 1.03. The second-order valence-electron chi connectivity index (χ2n) is 5.01. The fourth-order valence-electron chi connectivity index (χ4n) is 2.56. The van der Waals surface area contributed by atoms with Gasteiger partial charge < -0.3 is 9.13 Å². The van der Waals surface area contributed by atoms with Crippen LogP contribution in [0.15, 0.2) is 42.9 Å². The molecular weight excluding hydrogens is 286 g/mol. The number of rotatable bonds is 4. The van der Waals surface area contributed by atoms with Crippen molar-refractivity contribution in [2.75, 3.05) is 0 Å². The third-order valence-corrected chi connectivity index (χ3v) is 3.70. The van der Waals surface area contributed by atoms with Gasteiger partial charge in [0, 0.05) is 55.1 Å². The maximum absolute atomic E-state index is 12.4. The summed E-state index contributed by atoms with van der Waals surface area (Å²) in [7, 11) is 1.97. The van der Waals surface area contributed by atoms with Gasteiger partial charge in [-0.05, 0) is 13.0 Å². The van der Waals surface area contributed by atoms with Crippen molar-refractivity contribution in [3.8, 4) is 0 Å². The average molecular weight is 304 g/mol. The van der Waals surface area contributed by atoms with Gasteiger partial charge in [-0.3, -0.25) is 4.79 Å². The van der Waals surface area contributed by atoms with Crippen LogP contribution in [0.1, 0.15) is 22.6 Å². The summed E-state index contributed by atoms with van der Waals surface area (Å²) in [6, 6.07) is 8.00. The van der Waals surface area contributed by atoms with E-state index < -0.39 is 0 Å². The molecule has 0 radical (unpaired) electrons. The number of aromatic nitrogens is 3. The molecule has 0 amide bonds. The van der Waals surface area contributed by atoms with Gasteiger partial charge in [0.05, 0.1) is 0 Å². The van der Waals surface area contributed by atoms with Crippen LogP contribution in [0.2, 0.25) is 0 Å². The fraction of sp³-hybridized carbons (Fsp3) is 0.250. The molecule has 110 valence electrons. The van der Waals surface area contributed by atoms with Crippen molar-refractivity contribution in [2.24, 2.45) is 7.05 Å². The molecule has 0 aliphatic carbocycles. The molecule has 2 heterocycles. The van der Waals surface area contributed by atoms with Crippen molar-refractivity contribution < 1.29 is 4.79 Å². The van der Waals surface area contributed by atoms with Gasteiger partial charge in [0.25, 0.3) is 0 Å². The second kappa shape index (κ2) is 6.14. The molecule has 0 N–H and O–H groups in total. The molecule has 4 nitrogen and oxygen atoms in total. The number of nitrogens with zero attached hydrogens (tertiary/aromatic N) is 3. The van der Waals surface area contributed by atoms with Crippen LogP contribution >= 0.6 is 12.4 Å². The van der Waals surface area contributed by atoms with E-state index in [0.717, 1.165) is 22.3 Å². The van der Waals surface area contributed by atoms with Crippen LogP contribution in [0, 0.1) is 6.92 Å². The monoisotopic (exact) mass is 303 g/mol. The molecule has 3 aromatic rings. The highest BCUT2D eigenvalue weighted by Gasteiger charge is 2.13. The molecule has 0 saturated carbocycles. The van der Waals surface area contributed by atoms with Crippen LogP contribution < -0.4 is 0 Å². The molecule has 0 aliphatic rings. The standard InChI is InChI=1S/C16H17N3O.ClH/c1-12-17-8-10-19(12)9-7-16(20)14-11-18(2)15-6-4-3-5-13(14)15;/h3-6,8,10-11H,7,9H2,1-2H3;1H. The zero-order chi connectivity index (χ0) is 14.1. The van der Waals surface area contributed by atoms with E-state index in [1.165, 1.54) is 0 Å². The fourth-order valence-corrected chi connectivity index (χ4v) is 2.56. The minimum absolute atomic E-state index is 0. The zero-order valence-electron chi connectivity index (χ0n) is 12.1. The quantitative estimate of drug-likeness (QED) is 0.693. The Morgan fingerprint density at radius 2 is 2.05 bits per heavy atom. The van der Waals surface area contributed by atoms with Crippen LogP contribution in [-0.4, -0.2) is 19.9 Å². The van der Waals surface area contributed by atoms with E-state index in [4.69, 9.17) is 0 Å². The molecule has 0 aliphatic heterocycles. The van der Waals surface area contributed by atoms with Gasteiger partial charge in [-0.1, -0.05) is 18.2 Å². The van der Waals surface area contributed by atoms with Gasteiger partial charge in [0.1, 0.15) is 5.82 Å². The first-order valence-electron chi connectivity index (χ1n) is 6.72. The largest absolute Gasteiger partial charge is 0.350 e. The molecule has 0 bridgehead atoms. The molecule has 0 saturated heterocycles. The lowest BCUT2D eigenvalue weighted by atomic mass is 10.1. The van der Waals surface area contributed by atoms with Gasteiger partial charge in [0.15, 0.2) is 5.78 Å². The van der Waals surface area contributed by atoms with Gasteiger partial charge in [-0.15, -0.1) is 12.4 Å². The Kier molecular flexibility index (Phi) is 4.48. The highest BCUT2D eigenvalue weighted by atomic mass is 35.5. The van der Waals surface area contributed by atoms with Crippen molar-refractivity contribution in [3.05, 3.63) is 54.2 Å². The Hall–Kier alpha value is -2.07. The van der Waals surface area contributed by atoms with Crippen molar-refractivity contribution in [2.45, 2.75) is 19.9 Å². The lowest BCUT2D eigenvalue weighted by molar-refractivity contribution is 0.0978. The van der Waals surface area contributed by atoms with Crippen molar-refractivity contribution >= 4 is 29.1 Å². The van der Waals surface area contributed by atoms with E-state index in [1.807, 2.05) is 59.8 Å². The summed E-state index contributed by atoms with van der Waals surface area (Å²) in [5.74, 6) is 1.12. The number of imidazole rings is 1. The Morgan fingerprint density at radius 1 is 1.29 bits per heavy atom. The molecule has 5 heteroatoms. The van der Waals surface area contributed by atoms with Crippen molar-refractivity contribution in [1.29, 1.82) is 0 Å². The zero-order valence-corrected chi connectivity index (χ0v) is 12.9. The lowest BCUT2D eigenvalue weighted by Gasteiger charge is -2.03. The number of hydrogen-bond acceptors (Lipinski definition) is 2. The van der Waals surface area contributed by atoms with Crippen LogP contribution in [0.25, 0.3) is 10.9 Å². The third-order valence-electron chi connectivity index (χ3n) is 3.70. The Balaban J connectivity index is 0.00000161. The van der Waals surface area contributed by atoms with Crippen LogP contribution in [0.5, 0.6) is 0 Å². The molecule has 0 atom stereocenters. The SMILES string of the molecule is Cc1nccn1CCC(=O)c1cn(C)c2ccccc12.Cl. The van der Waals surface area contributed by atoms with Crippen molar-refractivity contribution in [3.63, 3.8) is 0 Å². The number of carbonyl (C=O) groups is 1. The molecule has 2 aromatic heterocycles. The summed E-state index contributed by atoms with van der Waals surface area (Å²) in [5.41, 5.74) is 1.90. The number of para-hydroxylation sites is 1. The molecule has 21 heavy (non-hydrogen) atoms. The van der Waals surface area contributed by atoms with Gasteiger partial charge in [-0.2, -0.15) is 0 Å². The minimum Gasteiger partial charge on any atom is -0.350 e. The average Bonchev–Trinajstić information content (AvgIpc) is 3.01. The number of halogens is 1. The number of ketones is 1. The van der Waals surface area contributed by atoms with E-state index in [9.17, 15) is 4.79 Å². The normalized spacial score (nSPS) is 10.6. The first kappa shape index (κ1) is 15.3. The summed E-state index contributed by atoms with van der Waals surface area (Å²) in [6.45, 7) is 2.62. The second-order valence-corrected chi connectivity index (χ2v) is 5.01. The number of Topliss-reactive ketones (excluding diaryl/α,β-unsaturated/α-hetero) is 1. The molecule has 0 spiro atoms. The lowest BCUT2D eigenvalue weighted by Crippen LogP contribution is -2.06. The Bertz CT molecular complexity index is 773. The van der Waals surface area contributed by atoms with Gasteiger partial charge >= 0.3 is 0 Å². The first-order chi connectivity index (χ1) is 9.66. The van der Waals surface area contributed by atoms with Crippen molar-refractivity contribution in [1.82, 2.24) is 14.1 Å². The predicted molar refractivity (Wildman–Crippen MR) is 86.1 cm³/mol. The van der Waals surface area contributed by atoms with Gasteiger partial charge in [-0.25, -0.2) is 4.98 Å². The van der Waals surface area contributed by atoms with E-state index >= 15 is 0 Å². The van der Waals surface area contributed by atoms with E-state index in [1.54, 1.807) is 6.20 Å². The number of hydrogen-bond donors (Lipinski definition) is 0. The summed E-state index contributed by atoms with van der Waals surface area (Å²) >= 11 is 0. The van der Waals surface area contributed by atoms with E-state index in [2.05, 4.69) is 4.98 Å². The minimum atomic E-state index is 0. The predicted octanol–water partition coefficient (Wildman–Crippen LogP) is 3.38. The summed E-state index contributed by atoms with van der Waals surface area (Å²) in [6.07, 6.45) is 6.09. The Morgan fingerprint density at radius 3 is 2.76 bits per heavy atom. The third kappa shape index (κ3) is 2.85. The summed E-state index contributed by atoms with van der Waals surface area (Å²) < 4.78 is 4.01. The van der Waals surface area contributed by atoms with Gasteiger partial charge in [0.2, 0.25) is 0 Å². The molecule has 0 unspecified atom stereocenters. The number of aryl methyl sites for hydroxylation is 3. The van der Waals surface area contributed by atoms with Crippen LogP contribution in [0.3, 0.4) is 0 Å². The smallest absolute Gasteiger partial charge is 0.166 e. The number of benzene rings is 1. The van der Waals surface area contributed by atoms with Crippen LogP contribution in [0.4, 0.5) is 0 Å². The van der Waals surface area contributed by atoms with E-state index in [0.29, 0.717) is 13.0 Å². The molecular formula is C16H18ClN3O. The summed E-state index contributed by atoms with van der Waals surface area (Å²) in [4.78, 5) is 16.6. The highest BCUT2D eigenvalue weighted by Crippen LogP contribution is 2.21. The maximum Gasteiger partial charge on any atom is 0.166 e. The number of carbonyl (C=O) groups excluding carboxylic acids is 1. The molecule has 1 aromatic carbocycles. The first-order valence-corrected chi connectivity index (χ1v) is 6.72. The Labute approximate surface area is 129 Å². The van der Waals surface area contributed by atoms with E-state index in [-0.39, 0.29) is 18.2 Å².